The Balaban J connectivity index is -0.0000000116. The molecule has 0 amide bonds. The Bertz CT molecular complexity index is 67.7. The molecular weight excluding hydrogens is 132 g/mol. The van der Waals surface area contributed by atoms with Crippen molar-refractivity contribution in [1.82, 2.24) is 0 Å². The molecule has 0 saturated carbocycles. The summed E-state index contributed by atoms with van der Waals surface area (Å²) in [4.78, 5) is 16.7. The van der Waals surface area contributed by atoms with Crippen molar-refractivity contribution >= 4 is 12.2 Å². The normalized spacial score (nSPS) is 2.20. The number of carbonyl (C=O) groups excluding carboxylic acids is 2. The van der Waals surface area contributed by atoms with Gasteiger partial charge in [-0.05, 0) is 0 Å². The second kappa shape index (κ2) is 614. The smallest absolute Gasteiger partial charge is 0.222 e. The molecule has 0 unspecified atom stereocenters. The molecule has 0 atom stereocenters. The van der Waals surface area contributed by atoms with Crippen molar-refractivity contribution in [2.75, 3.05) is 0 Å². The summed E-state index contributed by atoms with van der Waals surface area (Å²) in [6.07, 6.45) is 1.50. The molecule has 0 aromatic carbocycles. The first-order valence-corrected chi connectivity index (χ1v) is 1.91. The van der Waals surface area contributed by atoms with Crippen LogP contribution in [0.4, 0.5) is 0 Å². The fourth-order valence-corrected chi connectivity index (χ4v) is 0. The average Bonchev–Trinajstić information content (AvgIpc) is 1.75. The molecule has 62 valence electrons. The Morgan fingerprint density at radius 3 is 0.900 bits per heavy atom. The Hall–Kier alpha value is -1.24. The van der Waals surface area contributed by atoms with Crippen LogP contribution in [0, 0.1) is 10.8 Å². The first-order chi connectivity index (χ1) is 3.83. The van der Waals surface area contributed by atoms with Crippen molar-refractivity contribution in [2.45, 2.75) is 28.7 Å². The summed E-state index contributed by atoms with van der Waals surface area (Å²) in [5.74, 6) is 0. The molecule has 0 saturated heterocycles. The van der Waals surface area contributed by atoms with Gasteiger partial charge < -0.3 is 0 Å². The third kappa shape index (κ3) is 146. The zero-order valence-electron chi connectivity index (χ0n) is 4.82. The van der Waals surface area contributed by atoms with E-state index in [9.17, 15) is 0 Å². The van der Waals surface area contributed by atoms with Gasteiger partial charge in [-0.1, -0.05) is 28.7 Å². The zero-order valence-corrected chi connectivity index (χ0v) is 4.82. The minimum Gasteiger partial charge on any atom is -0.222 e. The molecule has 4 nitrogen and oxygen atoms in total. The van der Waals surface area contributed by atoms with Crippen LogP contribution in [-0.4, -0.2) is 12.2 Å². The van der Waals surface area contributed by atoms with Crippen molar-refractivity contribution in [3.05, 3.63) is 0 Å². The maximum Gasteiger partial charge on any atom is 0.231 e. The molecule has 0 aliphatic heterocycles. The summed E-state index contributed by atoms with van der Waals surface area (Å²) in [6, 6.07) is 0. The molecule has 0 fully saturated rings. The van der Waals surface area contributed by atoms with Gasteiger partial charge in [-0.25, -0.2) is 20.4 Å². The fourth-order valence-electron chi connectivity index (χ4n) is 0. The van der Waals surface area contributed by atoms with E-state index in [0.29, 0.717) is 0 Å². The van der Waals surface area contributed by atoms with Crippen LogP contribution in [0.3, 0.4) is 0 Å². The van der Waals surface area contributed by atoms with E-state index in [4.69, 9.17) is 20.4 Å². The molecule has 0 aliphatic rings. The number of rotatable bonds is 0. The molecule has 4 heteroatoms. The highest BCUT2D eigenvalue weighted by Gasteiger charge is 1.04. The molecule has 0 aliphatic carbocycles. The second-order valence-electron chi connectivity index (χ2n) is 0.204. The van der Waals surface area contributed by atoms with Gasteiger partial charge in [-0.15, -0.1) is 0 Å². The van der Waals surface area contributed by atoms with Gasteiger partial charge in [0, 0.05) is 0 Å². The lowest BCUT2D eigenvalue weighted by Crippen LogP contribution is -1.16. The highest BCUT2D eigenvalue weighted by atomic mass is 16.1. The maximum absolute atomic E-state index is 8.35. The zero-order chi connectivity index (χ0) is 7.41. The van der Waals surface area contributed by atoms with Crippen LogP contribution < -0.4 is 0 Å². The van der Waals surface area contributed by atoms with Crippen molar-refractivity contribution in [3.8, 4) is 0 Å². The van der Waals surface area contributed by atoms with Crippen LogP contribution in [0.5, 0.6) is 0 Å². The van der Waals surface area contributed by atoms with Crippen LogP contribution in [0.1, 0.15) is 28.7 Å². The summed E-state index contributed by atoms with van der Waals surface area (Å²) in [5.41, 5.74) is 0. The van der Waals surface area contributed by atoms with Gasteiger partial charge in [0.1, 0.15) is 0 Å². The van der Waals surface area contributed by atoms with Gasteiger partial charge in [0.25, 0.3) is 0 Å². The van der Waals surface area contributed by atoms with E-state index >= 15 is 0 Å². The van der Waals surface area contributed by atoms with Crippen molar-refractivity contribution in [3.63, 3.8) is 0 Å². The molecule has 2 N–H and O–H groups in total. The maximum atomic E-state index is 8.35. The minimum absolute atomic E-state index is 0. The fraction of sp³-hybridized carbons (Fsp3) is 0.667. The van der Waals surface area contributed by atoms with Crippen molar-refractivity contribution in [2.24, 2.45) is 0 Å². The standard InChI is InChI=1S/C2H6.2CHNO.2CH4/c1-2;2*2-1-3;;/h1-2H3;2*2H;2*1H4. The number of nitrogens with one attached hydrogen (secondary N) is 2. The summed E-state index contributed by atoms with van der Waals surface area (Å²) in [5, 5.41) is 10.8. The van der Waals surface area contributed by atoms with Crippen molar-refractivity contribution in [1.29, 1.82) is 10.8 Å². The van der Waals surface area contributed by atoms with E-state index < -0.39 is 0 Å². The lowest BCUT2D eigenvalue weighted by molar-refractivity contribution is 0.562. The van der Waals surface area contributed by atoms with Gasteiger partial charge in [-0.2, -0.15) is 0 Å². The van der Waals surface area contributed by atoms with Crippen LogP contribution in [0.2, 0.25) is 0 Å². The third-order valence-corrected chi connectivity index (χ3v) is 0. The lowest BCUT2D eigenvalue weighted by Gasteiger charge is -1.07. The third-order valence-electron chi connectivity index (χ3n) is 0. The van der Waals surface area contributed by atoms with Gasteiger partial charge in [0.2, 0.25) is 12.2 Å². The van der Waals surface area contributed by atoms with E-state index in [1.807, 2.05) is 13.8 Å². The number of hydrogen-bond acceptors (Lipinski definition) is 4. The second-order valence-corrected chi connectivity index (χ2v) is 0.204. The Labute approximate surface area is 62.3 Å². The first-order valence-electron chi connectivity index (χ1n) is 1.91. The lowest BCUT2D eigenvalue weighted by atomic mass is 11.0. The predicted octanol–water partition coefficient (Wildman–Crippen LogP) is 2.10. The van der Waals surface area contributed by atoms with E-state index in [1.54, 1.807) is 0 Å². The van der Waals surface area contributed by atoms with Gasteiger partial charge in [0.05, 0.1) is 0 Å². The Kier molecular flexibility index (Phi) is 2290. The summed E-state index contributed by atoms with van der Waals surface area (Å²) >= 11 is 0. The molecule has 0 heterocycles. The number of isocyanates is 2. The predicted molar refractivity (Wildman–Crippen MR) is 41.6 cm³/mol. The quantitative estimate of drug-likeness (QED) is 0.407. The molecule has 0 aromatic heterocycles. The van der Waals surface area contributed by atoms with Crippen LogP contribution >= 0.6 is 0 Å². The molecule has 10 heavy (non-hydrogen) atoms. The van der Waals surface area contributed by atoms with E-state index in [1.165, 1.54) is 0 Å². The van der Waals surface area contributed by atoms with Gasteiger partial charge in [0.15, 0.2) is 0 Å². The molecule has 0 bridgehead atoms. The minimum atomic E-state index is 0. The van der Waals surface area contributed by atoms with Crippen LogP contribution in [-0.2, 0) is 9.59 Å². The van der Waals surface area contributed by atoms with Crippen molar-refractivity contribution < 1.29 is 9.59 Å². The Morgan fingerprint density at radius 1 is 0.900 bits per heavy atom. The molecule has 0 aromatic rings. The van der Waals surface area contributed by atoms with E-state index in [2.05, 4.69) is 0 Å². The SMILES string of the molecule is C.C.CC.N=C=O.N=C=O. The van der Waals surface area contributed by atoms with Crippen LogP contribution in [0.15, 0.2) is 0 Å². The highest BCUT2D eigenvalue weighted by molar-refractivity contribution is 5.26. The molecule has 0 rings (SSSR count). The van der Waals surface area contributed by atoms with Gasteiger partial charge >= 0.3 is 0 Å². The summed E-state index contributed by atoms with van der Waals surface area (Å²) in [7, 11) is 0. The first kappa shape index (κ1) is 37.3. The summed E-state index contributed by atoms with van der Waals surface area (Å²) in [6.45, 7) is 4.00. The highest BCUT2D eigenvalue weighted by Crippen LogP contribution is 1.14. The number of hydrogen-bond donors (Lipinski definition) is 2. The summed E-state index contributed by atoms with van der Waals surface area (Å²) < 4.78 is 0. The molecular formula is C6H16N2O2. The van der Waals surface area contributed by atoms with Crippen LogP contribution in [0.25, 0.3) is 0 Å². The molecule has 0 spiro atoms. The largest absolute Gasteiger partial charge is 0.231 e. The topological polar surface area (TPSA) is 81.8 Å². The molecule has 0 radical (unpaired) electrons. The Morgan fingerprint density at radius 2 is 0.900 bits per heavy atom. The van der Waals surface area contributed by atoms with Gasteiger partial charge in [-0.3, -0.25) is 0 Å². The van der Waals surface area contributed by atoms with E-state index in [-0.39, 0.29) is 14.9 Å². The van der Waals surface area contributed by atoms with E-state index in [0.717, 1.165) is 12.2 Å². The average molecular weight is 148 g/mol. The monoisotopic (exact) mass is 148 g/mol.